The molecule has 24 heavy (non-hydrogen) atoms. The number of nitrogens with one attached hydrogen (secondary N) is 2. The van der Waals surface area contributed by atoms with E-state index in [9.17, 15) is 4.79 Å². The fourth-order valence-corrected chi connectivity index (χ4v) is 3.50. The molecule has 1 aliphatic heterocycles. The van der Waals surface area contributed by atoms with E-state index < -0.39 is 0 Å². The normalized spacial score (nSPS) is 14.5. The van der Waals surface area contributed by atoms with Gasteiger partial charge in [-0.15, -0.1) is 0 Å². The molecule has 0 radical (unpaired) electrons. The lowest BCUT2D eigenvalue weighted by Crippen LogP contribution is -2.31. The van der Waals surface area contributed by atoms with Gasteiger partial charge in [-0.05, 0) is 40.3 Å². The first-order valence-electron chi connectivity index (χ1n) is 8.39. The highest BCUT2D eigenvalue weighted by Crippen LogP contribution is 2.27. The predicted octanol–water partition coefficient (Wildman–Crippen LogP) is 4.00. The van der Waals surface area contributed by atoms with Crippen LogP contribution in [0, 0.1) is 5.92 Å². The molecule has 1 aliphatic rings. The highest BCUT2D eigenvalue weighted by Gasteiger charge is 2.24. The zero-order valence-electron chi connectivity index (χ0n) is 14.1. The molecule has 3 rings (SSSR count). The summed E-state index contributed by atoms with van der Waals surface area (Å²) in [6, 6.07) is 14.0. The largest absolute Gasteiger partial charge is 0.351 e. The first kappa shape index (κ1) is 17.0. The Bertz CT molecular complexity index is 742. The Labute approximate surface area is 148 Å². The minimum Gasteiger partial charge on any atom is -0.351 e. The van der Waals surface area contributed by atoms with E-state index in [0.717, 1.165) is 24.2 Å². The molecule has 1 atom stereocenters. The number of fused-ring (bicyclic) bond motifs is 1. The smallest absolute Gasteiger partial charge is 0.228 e. The summed E-state index contributed by atoms with van der Waals surface area (Å²) in [4.78, 5) is 12.7. The van der Waals surface area contributed by atoms with Gasteiger partial charge in [0, 0.05) is 24.7 Å². The van der Waals surface area contributed by atoms with E-state index in [4.69, 9.17) is 11.6 Å². The van der Waals surface area contributed by atoms with Gasteiger partial charge in [-0.25, -0.2) is 0 Å². The van der Waals surface area contributed by atoms with Crippen LogP contribution in [0.5, 0.6) is 0 Å². The van der Waals surface area contributed by atoms with Gasteiger partial charge in [-0.1, -0.05) is 55.8 Å². The van der Waals surface area contributed by atoms with Crippen LogP contribution in [0.2, 0.25) is 5.02 Å². The van der Waals surface area contributed by atoms with Crippen LogP contribution in [-0.2, 0) is 24.4 Å². The second kappa shape index (κ2) is 7.37. The quantitative estimate of drug-likeness (QED) is 0.862. The van der Waals surface area contributed by atoms with Gasteiger partial charge in [-0.3, -0.25) is 4.79 Å². The van der Waals surface area contributed by atoms with Crippen LogP contribution < -0.4 is 10.6 Å². The number of carbonyl (C=O) groups excluding carboxylic acids is 1. The zero-order chi connectivity index (χ0) is 17.1. The first-order chi connectivity index (χ1) is 11.5. The molecule has 0 bridgehead atoms. The van der Waals surface area contributed by atoms with Crippen molar-refractivity contribution in [1.29, 1.82) is 0 Å². The first-order valence-corrected chi connectivity index (χ1v) is 8.77. The Balaban J connectivity index is 1.70. The third-order valence-electron chi connectivity index (χ3n) is 4.53. The summed E-state index contributed by atoms with van der Waals surface area (Å²) < 4.78 is 0. The van der Waals surface area contributed by atoms with Crippen molar-refractivity contribution < 1.29 is 4.79 Å². The summed E-state index contributed by atoms with van der Waals surface area (Å²) in [5.41, 5.74) is 4.79. The number of rotatable bonds is 5. The lowest BCUT2D eigenvalue weighted by atomic mass is 9.87. The summed E-state index contributed by atoms with van der Waals surface area (Å²) >= 11 is 6.09. The van der Waals surface area contributed by atoms with Crippen molar-refractivity contribution in [2.75, 3.05) is 0 Å². The van der Waals surface area contributed by atoms with Gasteiger partial charge in [0.1, 0.15) is 0 Å². The molecule has 1 heterocycles. The molecule has 3 nitrogen and oxygen atoms in total. The van der Waals surface area contributed by atoms with Crippen molar-refractivity contribution in [3.8, 4) is 0 Å². The number of carbonyl (C=O) groups is 1. The number of hydrogen-bond donors (Lipinski definition) is 2. The van der Waals surface area contributed by atoms with Crippen LogP contribution in [-0.4, -0.2) is 5.91 Å². The standard InChI is InChI=1S/C20H23ClN2O/c1-13(2)19(15-4-3-5-18(21)9-15)20(24)23-10-14-6-7-16-11-22-12-17(16)8-14/h3-9,13,19,22H,10-12H2,1-2H3,(H,23,24). The fourth-order valence-electron chi connectivity index (χ4n) is 3.30. The molecule has 0 fully saturated rings. The third kappa shape index (κ3) is 3.80. The molecule has 0 aromatic heterocycles. The van der Waals surface area contributed by atoms with Crippen LogP contribution in [0.25, 0.3) is 0 Å². The van der Waals surface area contributed by atoms with Crippen molar-refractivity contribution >= 4 is 17.5 Å². The van der Waals surface area contributed by atoms with Gasteiger partial charge >= 0.3 is 0 Å². The van der Waals surface area contributed by atoms with Gasteiger partial charge < -0.3 is 10.6 Å². The average Bonchev–Trinajstić information content (AvgIpc) is 3.00. The predicted molar refractivity (Wildman–Crippen MR) is 97.9 cm³/mol. The van der Waals surface area contributed by atoms with E-state index in [-0.39, 0.29) is 17.7 Å². The highest BCUT2D eigenvalue weighted by atomic mass is 35.5. The zero-order valence-corrected chi connectivity index (χ0v) is 14.9. The van der Waals surface area contributed by atoms with E-state index in [2.05, 4.69) is 42.7 Å². The summed E-state index contributed by atoms with van der Waals surface area (Å²) in [5.74, 6) is 0.0540. The maximum Gasteiger partial charge on any atom is 0.228 e. The van der Waals surface area contributed by atoms with Gasteiger partial charge in [0.25, 0.3) is 0 Å². The van der Waals surface area contributed by atoms with Crippen LogP contribution >= 0.6 is 11.6 Å². The number of halogens is 1. The lowest BCUT2D eigenvalue weighted by Gasteiger charge is -2.21. The van der Waals surface area contributed by atoms with Gasteiger partial charge in [0.15, 0.2) is 0 Å². The fraction of sp³-hybridized carbons (Fsp3) is 0.350. The van der Waals surface area contributed by atoms with Crippen molar-refractivity contribution in [1.82, 2.24) is 10.6 Å². The summed E-state index contributed by atoms with van der Waals surface area (Å²) in [7, 11) is 0. The second-order valence-corrected chi connectivity index (χ2v) is 7.14. The molecule has 2 aromatic carbocycles. The monoisotopic (exact) mass is 342 g/mol. The average molecular weight is 343 g/mol. The Kier molecular flexibility index (Phi) is 5.22. The van der Waals surface area contributed by atoms with Gasteiger partial charge in [0.2, 0.25) is 5.91 Å². The molecular weight excluding hydrogens is 320 g/mol. The molecule has 126 valence electrons. The van der Waals surface area contributed by atoms with E-state index in [0.29, 0.717) is 11.6 Å². The van der Waals surface area contributed by atoms with Crippen molar-refractivity contribution in [3.63, 3.8) is 0 Å². The Morgan fingerprint density at radius 2 is 1.96 bits per heavy atom. The van der Waals surface area contributed by atoms with Crippen LogP contribution in [0.1, 0.15) is 42.0 Å². The van der Waals surface area contributed by atoms with Crippen LogP contribution in [0.3, 0.4) is 0 Å². The van der Waals surface area contributed by atoms with Crippen LogP contribution in [0.15, 0.2) is 42.5 Å². The molecule has 2 N–H and O–H groups in total. The minimum atomic E-state index is -0.195. The summed E-state index contributed by atoms with van der Waals surface area (Å²) in [5, 5.41) is 7.09. The van der Waals surface area contributed by atoms with E-state index >= 15 is 0 Å². The van der Waals surface area contributed by atoms with Gasteiger partial charge in [0.05, 0.1) is 5.92 Å². The van der Waals surface area contributed by atoms with Crippen LogP contribution in [0.4, 0.5) is 0 Å². The summed E-state index contributed by atoms with van der Waals surface area (Å²) in [6.07, 6.45) is 0. The van der Waals surface area contributed by atoms with E-state index in [1.54, 1.807) is 0 Å². The second-order valence-electron chi connectivity index (χ2n) is 6.70. The number of amides is 1. The van der Waals surface area contributed by atoms with Crippen molar-refractivity contribution in [2.45, 2.75) is 39.4 Å². The molecule has 4 heteroatoms. The van der Waals surface area contributed by atoms with E-state index in [1.807, 2.05) is 24.3 Å². The molecule has 1 unspecified atom stereocenters. The maximum absolute atomic E-state index is 12.7. The van der Waals surface area contributed by atoms with Gasteiger partial charge in [-0.2, -0.15) is 0 Å². The SMILES string of the molecule is CC(C)C(C(=O)NCc1ccc2c(c1)CNC2)c1cccc(Cl)c1. The van der Waals surface area contributed by atoms with Crippen molar-refractivity contribution in [3.05, 3.63) is 69.7 Å². The summed E-state index contributed by atoms with van der Waals surface area (Å²) in [6.45, 7) is 6.52. The molecule has 0 aliphatic carbocycles. The minimum absolute atomic E-state index is 0.0471. The molecule has 1 amide bonds. The Morgan fingerprint density at radius 3 is 2.71 bits per heavy atom. The lowest BCUT2D eigenvalue weighted by molar-refractivity contribution is -0.123. The Morgan fingerprint density at radius 1 is 1.17 bits per heavy atom. The molecule has 0 spiro atoms. The Hall–Kier alpha value is -1.84. The molecular formula is C20H23ClN2O. The molecule has 0 saturated heterocycles. The molecule has 0 saturated carbocycles. The third-order valence-corrected chi connectivity index (χ3v) is 4.76. The van der Waals surface area contributed by atoms with Crippen molar-refractivity contribution in [2.24, 2.45) is 5.92 Å². The highest BCUT2D eigenvalue weighted by molar-refractivity contribution is 6.30. The number of hydrogen-bond acceptors (Lipinski definition) is 2. The maximum atomic E-state index is 12.7. The topological polar surface area (TPSA) is 41.1 Å². The number of benzene rings is 2. The van der Waals surface area contributed by atoms with E-state index in [1.165, 1.54) is 11.1 Å². The molecule has 2 aromatic rings.